The highest BCUT2D eigenvalue weighted by Crippen LogP contribution is 2.35. The van der Waals surface area contributed by atoms with Crippen molar-refractivity contribution in [1.82, 2.24) is 34.3 Å². The van der Waals surface area contributed by atoms with E-state index < -0.39 is 88.1 Å². The minimum absolute atomic E-state index is 0.0688. The molecule has 26 heteroatoms. The fourth-order valence-corrected chi connectivity index (χ4v) is 6.39. The van der Waals surface area contributed by atoms with Crippen LogP contribution in [0.3, 0.4) is 0 Å². The number of carbonyl (C=O) groups is 3. The Morgan fingerprint density at radius 1 is 0.685 bits per heavy atom. The van der Waals surface area contributed by atoms with Crippen LogP contribution in [0.4, 0.5) is 52.3 Å². The van der Waals surface area contributed by atoms with E-state index in [0.29, 0.717) is 23.5 Å². The normalized spacial score (nSPS) is 13.7. The first-order chi connectivity index (χ1) is 33.8. The van der Waals surface area contributed by atoms with E-state index in [-0.39, 0.29) is 35.7 Å². The molecule has 0 aliphatic carbocycles. The maximum absolute atomic E-state index is 13.2. The summed E-state index contributed by atoms with van der Waals surface area (Å²) in [5.74, 6) is -3.43. The second-order valence-corrected chi connectivity index (χ2v) is 17.0. The van der Waals surface area contributed by atoms with Gasteiger partial charge >= 0.3 is 12.4 Å². The number of hydrogen-bond donors (Lipinski definition) is 5. The number of nitrogens with one attached hydrogen (secondary N) is 2. The minimum Gasteiger partial charge on any atom is -0.380 e. The number of nitrogens with zero attached hydrogens (tertiary/aromatic N) is 10. The third-order valence-electron chi connectivity index (χ3n) is 10.2. The van der Waals surface area contributed by atoms with Gasteiger partial charge in [0, 0.05) is 41.3 Å². The van der Waals surface area contributed by atoms with Gasteiger partial charge in [-0.2, -0.15) is 51.5 Å². The highest BCUT2D eigenvalue weighted by atomic mass is 19.4. The van der Waals surface area contributed by atoms with Crippen molar-refractivity contribution in [2.75, 3.05) is 10.6 Å². The van der Waals surface area contributed by atoms with Crippen molar-refractivity contribution in [1.29, 1.82) is 10.5 Å². The first kappa shape index (κ1) is 57.2. The highest BCUT2D eigenvalue weighted by molar-refractivity contribution is 5.97. The van der Waals surface area contributed by atoms with Gasteiger partial charge in [-0.05, 0) is 89.1 Å². The Balaban J connectivity index is 0.000000238. The van der Waals surface area contributed by atoms with Crippen molar-refractivity contribution in [2.24, 2.45) is 0 Å². The molecule has 0 spiro atoms. The molecule has 0 radical (unpaired) electrons. The van der Waals surface area contributed by atoms with E-state index in [2.05, 4.69) is 35.8 Å². The number of aliphatic hydroxyl groups is 3. The van der Waals surface area contributed by atoms with E-state index in [1.54, 1.807) is 30.1 Å². The Kier molecular flexibility index (Phi) is 17.9. The molecule has 384 valence electrons. The van der Waals surface area contributed by atoms with E-state index in [0.717, 1.165) is 71.0 Å². The molecule has 4 aromatic heterocycles. The van der Waals surface area contributed by atoms with Crippen LogP contribution in [0.2, 0.25) is 0 Å². The van der Waals surface area contributed by atoms with Crippen molar-refractivity contribution in [2.45, 2.75) is 96.8 Å². The molecule has 6 rings (SSSR count). The van der Waals surface area contributed by atoms with Crippen molar-refractivity contribution in [3.05, 3.63) is 147 Å². The molecule has 0 aliphatic heterocycles. The summed E-state index contributed by atoms with van der Waals surface area (Å²) >= 11 is 0. The largest absolute Gasteiger partial charge is 0.417 e. The Labute approximate surface area is 410 Å². The van der Waals surface area contributed by atoms with Crippen LogP contribution in [-0.2, 0) is 52.8 Å². The predicted molar refractivity (Wildman–Crippen MR) is 241 cm³/mol. The second-order valence-electron chi connectivity index (χ2n) is 17.0. The summed E-state index contributed by atoms with van der Waals surface area (Å²) in [5, 5.41) is 63.7. The number of pyridine rings is 1. The van der Waals surface area contributed by atoms with E-state index in [1.807, 2.05) is 6.92 Å². The Morgan fingerprint density at radius 3 is 1.56 bits per heavy atom. The summed E-state index contributed by atoms with van der Waals surface area (Å²) in [4.78, 5) is 44.0. The molecule has 6 aromatic rings. The molecule has 4 heterocycles. The van der Waals surface area contributed by atoms with Crippen LogP contribution < -0.4 is 10.6 Å². The minimum atomic E-state index is -4.78. The summed E-state index contributed by atoms with van der Waals surface area (Å²) in [5.41, 5.74) is -7.15. The molecule has 5 N–H and O–H groups in total. The second kappa shape index (κ2) is 22.8. The Morgan fingerprint density at radius 2 is 1.16 bits per heavy atom. The molecule has 2 aromatic carbocycles. The lowest BCUT2D eigenvalue weighted by molar-refractivity contribution is -0.138. The molecular weight excluding hydrogens is 981 g/mol. The number of carbonyl (C=O) groups excluding carboxylic acids is 3. The van der Waals surface area contributed by atoms with Gasteiger partial charge in [-0.15, -0.1) is 10.1 Å². The number of anilines is 2. The molecular formula is C47H44F8N12O6. The number of benzene rings is 2. The van der Waals surface area contributed by atoms with E-state index >= 15 is 0 Å². The zero-order valence-corrected chi connectivity index (χ0v) is 39.4. The van der Waals surface area contributed by atoms with E-state index in [9.17, 15) is 64.8 Å². The first-order valence-corrected chi connectivity index (χ1v) is 21.0. The maximum atomic E-state index is 13.2. The number of hydrogen-bond acceptors (Lipinski definition) is 12. The lowest BCUT2D eigenvalue weighted by Gasteiger charge is -2.22. The lowest BCUT2D eigenvalue weighted by Crippen LogP contribution is -2.43. The van der Waals surface area contributed by atoms with E-state index in [4.69, 9.17) is 17.1 Å². The van der Waals surface area contributed by atoms with Gasteiger partial charge in [-0.3, -0.25) is 28.4 Å². The Hall–Kier alpha value is -8.38. The smallest absolute Gasteiger partial charge is 0.380 e. The highest BCUT2D eigenvalue weighted by Gasteiger charge is 2.37. The average molecular weight is 1020 g/mol. The molecule has 0 fully saturated rings. The number of amides is 2. The van der Waals surface area contributed by atoms with Crippen molar-refractivity contribution in [3.8, 4) is 12.1 Å². The fourth-order valence-electron chi connectivity index (χ4n) is 6.39. The van der Waals surface area contributed by atoms with Crippen LogP contribution in [0.1, 0.15) is 65.3 Å². The lowest BCUT2D eigenvalue weighted by atomic mass is 9.95. The van der Waals surface area contributed by atoms with Gasteiger partial charge in [0.25, 0.3) is 17.6 Å². The summed E-state index contributed by atoms with van der Waals surface area (Å²) in [6.07, 6.45) is -1.42. The number of halogens is 8. The number of Topliss-reactive ketones (excluding diaryl/α,β-unsaturated/α-hetero) is 1. The van der Waals surface area contributed by atoms with Gasteiger partial charge in [-0.1, -0.05) is 12.6 Å². The summed E-state index contributed by atoms with van der Waals surface area (Å²) in [6.45, 7) is 15.1. The number of rotatable bonds is 13. The SMILES string of the molecule is C[C@](O)(Cn1cc(F)cn1)C(=O)Nc1ccc(C#N)c(C(F)(F)F)c1.Cc1cn(C[C@](C)(O)C(=O)Nc2ccc(C#N)c(C(F)(F)F)c2)nc1F.[C-]#[N+]c1ncc(CC(=O)[C@@](C)(O)Cn2cc(C)cn2)cc1C. The number of aromatic nitrogens is 7. The molecule has 0 unspecified atom stereocenters. The molecule has 3 atom stereocenters. The predicted octanol–water partition coefficient (Wildman–Crippen LogP) is 6.92. The van der Waals surface area contributed by atoms with Crippen LogP contribution in [0.25, 0.3) is 4.85 Å². The van der Waals surface area contributed by atoms with Gasteiger partial charge in [0.05, 0.1) is 72.6 Å². The zero-order valence-electron chi connectivity index (χ0n) is 39.4. The van der Waals surface area contributed by atoms with Crippen LogP contribution in [0.15, 0.2) is 79.6 Å². The molecule has 0 saturated heterocycles. The molecule has 0 saturated carbocycles. The third kappa shape index (κ3) is 15.8. The molecule has 0 bridgehead atoms. The van der Waals surface area contributed by atoms with Crippen molar-refractivity contribution in [3.63, 3.8) is 0 Å². The quantitative estimate of drug-likeness (QED) is 0.0584. The van der Waals surface area contributed by atoms with E-state index in [1.165, 1.54) is 38.4 Å². The summed E-state index contributed by atoms with van der Waals surface area (Å²) in [6, 6.07) is 9.84. The number of nitriles is 2. The maximum Gasteiger partial charge on any atom is 0.417 e. The first-order valence-electron chi connectivity index (χ1n) is 21.0. The van der Waals surface area contributed by atoms with Crippen LogP contribution in [0, 0.1) is 61.8 Å². The van der Waals surface area contributed by atoms with Gasteiger partial charge in [0.1, 0.15) is 11.8 Å². The van der Waals surface area contributed by atoms with Gasteiger partial charge in [0.2, 0.25) is 5.95 Å². The third-order valence-corrected chi connectivity index (χ3v) is 10.2. The van der Waals surface area contributed by atoms with Gasteiger partial charge in [-0.25, -0.2) is 4.39 Å². The number of ketones is 1. The molecule has 73 heavy (non-hydrogen) atoms. The molecule has 2 amide bonds. The summed E-state index contributed by atoms with van der Waals surface area (Å²) in [7, 11) is 0. The fraction of sp³-hybridized carbons (Fsp3) is 0.319. The summed E-state index contributed by atoms with van der Waals surface area (Å²) < 4.78 is 107. The van der Waals surface area contributed by atoms with Crippen LogP contribution in [-0.4, -0.2) is 84.0 Å². The monoisotopic (exact) mass is 1020 g/mol. The number of aryl methyl sites for hydroxylation is 3. The standard InChI is InChI=1S/C16H14F4N4O2.C16H18N4O2.C15H12F4N4O2/c1-9-7-24(23-13(9)17)8-15(2,26)14(25)22-11-4-3-10(6-21)12(5-11)16(18,19)20;1-11-7-19-20(9-11)10-16(3,22)14(21)6-13-5-12(2)15(17-4)18-8-13;1-14(25,8-23-7-10(16)6-21-23)13(24)22-11-3-2-9(5-20)12(4-11)15(17,18)19/h3-5,7,26H,8H2,1-2H3,(H,22,25);5,7-9,22H,6,10H2,1-3H3;2-4,6-7,25H,8H2,1H3,(H,22,24)/t15-;16-;14-/m000/s1. The molecule has 0 aliphatic rings. The van der Waals surface area contributed by atoms with Gasteiger partial charge < -0.3 is 30.8 Å². The topological polar surface area (TPSA) is 254 Å². The zero-order chi connectivity index (χ0) is 54.9. The Bertz CT molecular complexity index is 3100. The van der Waals surface area contributed by atoms with Crippen LogP contribution in [0.5, 0.6) is 0 Å². The molecule has 18 nitrogen and oxygen atoms in total. The van der Waals surface area contributed by atoms with Crippen molar-refractivity contribution < 1.29 is 64.8 Å². The van der Waals surface area contributed by atoms with Crippen molar-refractivity contribution >= 4 is 34.8 Å². The average Bonchev–Trinajstić information content (AvgIpc) is 3.99. The van der Waals surface area contributed by atoms with Gasteiger partial charge in [0.15, 0.2) is 22.8 Å². The number of alkyl halides is 6. The van der Waals surface area contributed by atoms with Crippen LogP contribution >= 0.6 is 0 Å².